The number of nitrogens with one attached hydrogen (secondary N) is 1. The van der Waals surface area contributed by atoms with Gasteiger partial charge in [-0.2, -0.15) is 0 Å². The smallest absolute Gasteiger partial charge is 0.317 e. The molecule has 2 amide bonds. The molecule has 0 unspecified atom stereocenters. The fourth-order valence-corrected chi connectivity index (χ4v) is 1.29. The summed E-state index contributed by atoms with van der Waals surface area (Å²) in [7, 11) is 1.80. The molecule has 0 radical (unpaired) electrons. The van der Waals surface area contributed by atoms with Crippen LogP contribution in [-0.2, 0) is 6.54 Å². The fraction of sp³-hybridized carbons (Fsp3) is 0.417. The highest BCUT2D eigenvalue weighted by Gasteiger charge is 2.09. The van der Waals surface area contributed by atoms with E-state index in [0.29, 0.717) is 6.54 Å². The van der Waals surface area contributed by atoms with Crippen molar-refractivity contribution in [2.75, 3.05) is 7.05 Å². The molecule has 0 atom stereocenters. The Morgan fingerprint density at radius 2 is 1.93 bits per heavy atom. The van der Waals surface area contributed by atoms with E-state index in [4.69, 9.17) is 0 Å². The van der Waals surface area contributed by atoms with E-state index in [1.807, 2.05) is 44.2 Å². The molecule has 3 heteroatoms. The second kappa shape index (κ2) is 5.39. The average Bonchev–Trinajstić information content (AvgIpc) is 2.18. The SMILES string of the molecule is CC(C)NC(=O)N(C)Cc1ccccc1. The Morgan fingerprint density at radius 3 is 2.47 bits per heavy atom. The Labute approximate surface area is 91.1 Å². The molecule has 82 valence electrons. The van der Waals surface area contributed by atoms with Crippen molar-refractivity contribution in [2.45, 2.75) is 26.4 Å². The van der Waals surface area contributed by atoms with Crippen LogP contribution in [0.4, 0.5) is 4.79 Å². The summed E-state index contributed by atoms with van der Waals surface area (Å²) in [6.45, 7) is 4.54. The number of carbonyl (C=O) groups is 1. The maximum absolute atomic E-state index is 11.6. The number of benzene rings is 1. The average molecular weight is 206 g/mol. The Balaban J connectivity index is 2.49. The van der Waals surface area contributed by atoms with Gasteiger partial charge in [-0.3, -0.25) is 0 Å². The molecule has 0 saturated carbocycles. The predicted molar refractivity (Wildman–Crippen MR) is 61.6 cm³/mol. The number of nitrogens with zero attached hydrogens (tertiary/aromatic N) is 1. The van der Waals surface area contributed by atoms with Crippen LogP contribution in [0.2, 0.25) is 0 Å². The normalized spacial score (nSPS) is 10.1. The number of hydrogen-bond acceptors (Lipinski definition) is 1. The van der Waals surface area contributed by atoms with Gasteiger partial charge in [-0.25, -0.2) is 4.79 Å². The van der Waals surface area contributed by atoms with Gasteiger partial charge in [-0.15, -0.1) is 0 Å². The first-order chi connectivity index (χ1) is 7.09. The van der Waals surface area contributed by atoms with Gasteiger partial charge in [0, 0.05) is 19.6 Å². The van der Waals surface area contributed by atoms with Gasteiger partial charge in [-0.05, 0) is 19.4 Å². The van der Waals surface area contributed by atoms with E-state index in [9.17, 15) is 4.79 Å². The van der Waals surface area contributed by atoms with Crippen LogP contribution < -0.4 is 5.32 Å². The lowest BCUT2D eigenvalue weighted by Crippen LogP contribution is -2.40. The van der Waals surface area contributed by atoms with Crippen LogP contribution in [-0.4, -0.2) is 24.0 Å². The second-order valence-electron chi connectivity index (χ2n) is 3.95. The van der Waals surface area contributed by atoms with E-state index < -0.39 is 0 Å². The third-order valence-electron chi connectivity index (χ3n) is 2.02. The molecule has 0 aliphatic carbocycles. The lowest BCUT2D eigenvalue weighted by molar-refractivity contribution is 0.204. The lowest BCUT2D eigenvalue weighted by Gasteiger charge is -2.19. The number of urea groups is 1. The fourth-order valence-electron chi connectivity index (χ4n) is 1.29. The Hall–Kier alpha value is -1.51. The van der Waals surface area contributed by atoms with Gasteiger partial charge in [0.15, 0.2) is 0 Å². The van der Waals surface area contributed by atoms with E-state index in [1.165, 1.54) is 0 Å². The lowest BCUT2D eigenvalue weighted by atomic mass is 10.2. The van der Waals surface area contributed by atoms with Crippen molar-refractivity contribution in [1.82, 2.24) is 10.2 Å². The minimum atomic E-state index is -0.0335. The molecule has 0 fully saturated rings. The third kappa shape index (κ3) is 4.02. The minimum Gasteiger partial charge on any atom is -0.336 e. The molecule has 0 aliphatic heterocycles. The summed E-state index contributed by atoms with van der Waals surface area (Å²) >= 11 is 0. The summed E-state index contributed by atoms with van der Waals surface area (Å²) in [5.41, 5.74) is 1.14. The maximum atomic E-state index is 11.6. The molecule has 1 aromatic rings. The number of amides is 2. The van der Waals surface area contributed by atoms with Gasteiger partial charge in [-0.1, -0.05) is 30.3 Å². The van der Waals surface area contributed by atoms with Gasteiger partial charge in [0.25, 0.3) is 0 Å². The third-order valence-corrected chi connectivity index (χ3v) is 2.02. The summed E-state index contributed by atoms with van der Waals surface area (Å²) in [5, 5.41) is 2.85. The Morgan fingerprint density at radius 1 is 1.33 bits per heavy atom. The van der Waals surface area contributed by atoms with Crippen molar-refractivity contribution in [1.29, 1.82) is 0 Å². The molecule has 15 heavy (non-hydrogen) atoms. The first-order valence-electron chi connectivity index (χ1n) is 5.15. The van der Waals surface area contributed by atoms with E-state index in [0.717, 1.165) is 5.56 Å². The van der Waals surface area contributed by atoms with Crippen molar-refractivity contribution in [3.8, 4) is 0 Å². The minimum absolute atomic E-state index is 0.0335. The van der Waals surface area contributed by atoms with Crippen LogP contribution in [0.1, 0.15) is 19.4 Å². The number of carbonyl (C=O) groups excluding carboxylic acids is 1. The Kier molecular flexibility index (Phi) is 4.16. The summed E-state index contributed by atoms with van der Waals surface area (Å²) in [6, 6.07) is 10.1. The van der Waals surface area contributed by atoms with Gasteiger partial charge in [0.2, 0.25) is 0 Å². The van der Waals surface area contributed by atoms with Gasteiger partial charge >= 0.3 is 6.03 Å². The first-order valence-corrected chi connectivity index (χ1v) is 5.15. The Bertz CT molecular complexity index is 309. The van der Waals surface area contributed by atoms with Crippen LogP contribution in [0.3, 0.4) is 0 Å². The van der Waals surface area contributed by atoms with Gasteiger partial charge in [0.1, 0.15) is 0 Å². The molecule has 0 aromatic heterocycles. The van der Waals surface area contributed by atoms with E-state index in [2.05, 4.69) is 5.32 Å². The van der Waals surface area contributed by atoms with Crippen molar-refractivity contribution < 1.29 is 4.79 Å². The highest BCUT2D eigenvalue weighted by molar-refractivity contribution is 5.74. The summed E-state index contributed by atoms with van der Waals surface area (Å²) < 4.78 is 0. The van der Waals surface area contributed by atoms with E-state index in [-0.39, 0.29) is 12.1 Å². The quantitative estimate of drug-likeness (QED) is 0.808. The molecular formula is C12H18N2O. The molecule has 0 aliphatic rings. The van der Waals surface area contributed by atoms with Crippen molar-refractivity contribution in [3.05, 3.63) is 35.9 Å². The van der Waals surface area contributed by atoms with E-state index in [1.54, 1.807) is 11.9 Å². The largest absolute Gasteiger partial charge is 0.336 e. The standard InChI is InChI=1S/C12H18N2O/c1-10(2)13-12(15)14(3)9-11-7-5-4-6-8-11/h4-8,10H,9H2,1-3H3,(H,13,15). The predicted octanol–water partition coefficient (Wildman–Crippen LogP) is 2.24. The molecule has 3 nitrogen and oxygen atoms in total. The molecule has 0 bridgehead atoms. The molecule has 0 spiro atoms. The zero-order chi connectivity index (χ0) is 11.3. The highest BCUT2D eigenvalue weighted by atomic mass is 16.2. The first kappa shape index (κ1) is 11.6. The van der Waals surface area contributed by atoms with Crippen LogP contribution in [0.25, 0.3) is 0 Å². The van der Waals surface area contributed by atoms with Crippen molar-refractivity contribution >= 4 is 6.03 Å². The number of hydrogen-bond donors (Lipinski definition) is 1. The molecular weight excluding hydrogens is 188 g/mol. The van der Waals surface area contributed by atoms with Crippen LogP contribution in [0.15, 0.2) is 30.3 Å². The maximum Gasteiger partial charge on any atom is 0.317 e. The zero-order valence-electron chi connectivity index (χ0n) is 9.53. The molecule has 1 N–H and O–H groups in total. The topological polar surface area (TPSA) is 32.3 Å². The van der Waals surface area contributed by atoms with Crippen LogP contribution in [0, 0.1) is 0 Å². The monoisotopic (exact) mass is 206 g/mol. The summed E-state index contributed by atoms with van der Waals surface area (Å²) in [5.74, 6) is 0. The highest BCUT2D eigenvalue weighted by Crippen LogP contribution is 2.02. The van der Waals surface area contributed by atoms with Crippen LogP contribution in [0.5, 0.6) is 0 Å². The molecule has 0 heterocycles. The zero-order valence-corrected chi connectivity index (χ0v) is 9.53. The van der Waals surface area contributed by atoms with Gasteiger partial charge < -0.3 is 10.2 Å². The van der Waals surface area contributed by atoms with Crippen molar-refractivity contribution in [2.24, 2.45) is 0 Å². The number of rotatable bonds is 3. The molecule has 0 saturated heterocycles. The van der Waals surface area contributed by atoms with Crippen molar-refractivity contribution in [3.63, 3.8) is 0 Å². The molecule has 1 rings (SSSR count). The summed E-state index contributed by atoms with van der Waals surface area (Å²) in [4.78, 5) is 13.2. The summed E-state index contributed by atoms with van der Waals surface area (Å²) in [6.07, 6.45) is 0. The molecule has 1 aromatic carbocycles. The van der Waals surface area contributed by atoms with Gasteiger partial charge in [0.05, 0.1) is 0 Å². The van der Waals surface area contributed by atoms with Crippen LogP contribution >= 0.6 is 0 Å². The second-order valence-corrected chi connectivity index (χ2v) is 3.95. The van der Waals surface area contributed by atoms with E-state index >= 15 is 0 Å².